The molecule has 0 saturated carbocycles. The molecular weight excluding hydrogens is 626 g/mol. The van der Waals surface area contributed by atoms with Gasteiger partial charge in [-0.15, -0.1) is 0 Å². The van der Waals surface area contributed by atoms with Crippen LogP contribution < -0.4 is 10.1 Å². The molecule has 1 amide bonds. The highest BCUT2D eigenvalue weighted by Crippen LogP contribution is 2.23. The number of nitrogens with one attached hydrogen (secondary N) is 1. The predicted octanol–water partition coefficient (Wildman–Crippen LogP) is 7.38. The summed E-state index contributed by atoms with van der Waals surface area (Å²) in [5.41, 5.74) is 3.83. The van der Waals surface area contributed by atoms with Crippen LogP contribution in [-0.2, 0) is 22.5 Å². The number of benzene rings is 5. The van der Waals surface area contributed by atoms with E-state index in [4.69, 9.17) is 9.47 Å². The van der Waals surface area contributed by atoms with E-state index in [-0.39, 0.29) is 18.3 Å². The van der Waals surface area contributed by atoms with Gasteiger partial charge in [0.1, 0.15) is 24.1 Å². The number of pyridine rings is 1. The van der Waals surface area contributed by atoms with Crippen molar-refractivity contribution in [3.05, 3.63) is 174 Å². The molecule has 1 heterocycles. The van der Waals surface area contributed by atoms with Gasteiger partial charge in [0.2, 0.25) is 0 Å². The smallest absolute Gasteiger partial charge is 0.328 e. The van der Waals surface area contributed by atoms with Crippen molar-refractivity contribution in [1.82, 2.24) is 9.88 Å². The Labute approximate surface area is 291 Å². The summed E-state index contributed by atoms with van der Waals surface area (Å²) < 4.78 is 11.2. The molecular formula is C42H37N3O5. The molecule has 1 N–H and O–H groups in total. The van der Waals surface area contributed by atoms with E-state index in [1.807, 2.05) is 109 Å². The van der Waals surface area contributed by atoms with Crippen molar-refractivity contribution in [2.24, 2.45) is 0 Å². The Morgan fingerprint density at radius 1 is 0.740 bits per heavy atom. The third kappa shape index (κ3) is 8.41. The Morgan fingerprint density at radius 2 is 1.40 bits per heavy atom. The maximum Gasteiger partial charge on any atom is 0.328 e. The Bertz CT molecular complexity index is 2070. The lowest BCUT2D eigenvalue weighted by Gasteiger charge is -2.23. The zero-order valence-electron chi connectivity index (χ0n) is 27.7. The van der Waals surface area contributed by atoms with Crippen LogP contribution >= 0.6 is 0 Å². The number of methoxy groups -OCH3 is 1. The number of aromatic nitrogens is 1. The van der Waals surface area contributed by atoms with Crippen LogP contribution in [0, 0.1) is 0 Å². The average molecular weight is 664 g/mol. The minimum absolute atomic E-state index is 0.142. The van der Waals surface area contributed by atoms with Crippen molar-refractivity contribution in [1.29, 1.82) is 0 Å². The van der Waals surface area contributed by atoms with E-state index in [0.717, 1.165) is 21.9 Å². The zero-order chi connectivity index (χ0) is 34.7. The van der Waals surface area contributed by atoms with Gasteiger partial charge < -0.3 is 19.7 Å². The summed E-state index contributed by atoms with van der Waals surface area (Å²) in [6, 6.07) is 42.4. The minimum Gasteiger partial charge on any atom is -0.492 e. The number of hydrogen-bond donors (Lipinski definition) is 1. The quantitative estimate of drug-likeness (QED) is 0.0959. The number of ketones is 1. The molecule has 250 valence electrons. The van der Waals surface area contributed by atoms with Gasteiger partial charge in [-0.2, -0.15) is 0 Å². The van der Waals surface area contributed by atoms with E-state index in [1.165, 1.54) is 7.11 Å². The Kier molecular flexibility index (Phi) is 10.9. The van der Waals surface area contributed by atoms with Crippen molar-refractivity contribution in [3.8, 4) is 5.75 Å². The SMILES string of the molecule is COC(=O)[C@H](Cc1ccc(OCCN(Cc2ccccc2)C(=O)c2cc3ccccc3cn2)cc1)Nc1ccccc1C(=O)c1ccccc1. The molecule has 0 aliphatic carbocycles. The molecule has 8 heteroatoms. The van der Waals surface area contributed by atoms with Crippen LogP contribution in [0.15, 0.2) is 146 Å². The van der Waals surface area contributed by atoms with Gasteiger partial charge in [0.25, 0.3) is 5.91 Å². The van der Waals surface area contributed by atoms with E-state index in [0.29, 0.717) is 47.8 Å². The first kappa shape index (κ1) is 33.6. The second kappa shape index (κ2) is 16.2. The summed E-state index contributed by atoms with van der Waals surface area (Å²) in [5.74, 6) is -0.134. The minimum atomic E-state index is -0.738. The normalized spacial score (nSPS) is 11.4. The standard InChI is InChI=1S/C42H37N3O5/c1-49-42(48)39(44-37-19-11-10-18-36(37)40(46)32-14-6-3-7-15-32)26-30-20-22-35(23-21-30)50-25-24-45(29-31-12-4-2-5-13-31)41(47)38-27-33-16-8-9-17-34(33)28-43-38/h2-23,27-28,39,44H,24-26,29H2,1H3/t39-/m0/s1. The molecule has 1 atom stereocenters. The number of para-hydroxylation sites is 1. The third-order valence-electron chi connectivity index (χ3n) is 8.37. The maximum absolute atomic E-state index is 13.7. The number of ether oxygens (including phenoxy) is 2. The van der Waals surface area contributed by atoms with Gasteiger partial charge in [-0.3, -0.25) is 14.6 Å². The number of esters is 1. The number of amides is 1. The molecule has 5 aromatic carbocycles. The third-order valence-corrected chi connectivity index (χ3v) is 8.37. The molecule has 0 fully saturated rings. The van der Waals surface area contributed by atoms with Gasteiger partial charge in [-0.1, -0.05) is 109 Å². The van der Waals surface area contributed by atoms with Crippen LogP contribution in [0.4, 0.5) is 5.69 Å². The molecule has 0 unspecified atom stereocenters. The first-order valence-electron chi connectivity index (χ1n) is 16.4. The number of fused-ring (bicyclic) bond motifs is 1. The number of nitrogens with zero attached hydrogens (tertiary/aromatic N) is 2. The molecule has 0 saturated heterocycles. The molecule has 0 radical (unpaired) electrons. The highest BCUT2D eigenvalue weighted by Gasteiger charge is 2.23. The second-order valence-corrected chi connectivity index (χ2v) is 11.8. The van der Waals surface area contributed by atoms with E-state index < -0.39 is 12.0 Å². The Balaban J connectivity index is 1.11. The lowest BCUT2D eigenvalue weighted by atomic mass is 10.00. The molecule has 1 aromatic heterocycles. The Morgan fingerprint density at radius 3 is 2.14 bits per heavy atom. The van der Waals surface area contributed by atoms with E-state index in [9.17, 15) is 14.4 Å². The number of carbonyl (C=O) groups is 3. The van der Waals surface area contributed by atoms with Crippen molar-refractivity contribution in [2.75, 3.05) is 25.6 Å². The average Bonchev–Trinajstić information content (AvgIpc) is 3.17. The fourth-order valence-corrected chi connectivity index (χ4v) is 5.73. The van der Waals surface area contributed by atoms with Gasteiger partial charge in [-0.25, -0.2) is 4.79 Å². The summed E-state index contributed by atoms with van der Waals surface area (Å²) in [6.45, 7) is 1.03. The van der Waals surface area contributed by atoms with Crippen molar-refractivity contribution < 1.29 is 23.9 Å². The molecule has 0 aliphatic rings. The number of carbonyl (C=O) groups excluding carboxylic acids is 3. The highest BCUT2D eigenvalue weighted by atomic mass is 16.5. The van der Waals surface area contributed by atoms with Crippen molar-refractivity contribution in [2.45, 2.75) is 19.0 Å². The van der Waals surface area contributed by atoms with E-state index in [1.54, 1.807) is 41.4 Å². The van der Waals surface area contributed by atoms with Crippen LogP contribution in [0.3, 0.4) is 0 Å². The monoisotopic (exact) mass is 663 g/mol. The maximum atomic E-state index is 13.7. The predicted molar refractivity (Wildman–Crippen MR) is 194 cm³/mol. The molecule has 0 aliphatic heterocycles. The summed E-state index contributed by atoms with van der Waals surface area (Å²) in [4.78, 5) is 46.0. The van der Waals surface area contributed by atoms with Gasteiger partial charge in [-0.05, 0) is 46.8 Å². The lowest BCUT2D eigenvalue weighted by Crippen LogP contribution is -2.34. The van der Waals surface area contributed by atoms with Crippen LogP contribution in [0.5, 0.6) is 5.75 Å². The summed E-state index contributed by atoms with van der Waals surface area (Å²) >= 11 is 0. The second-order valence-electron chi connectivity index (χ2n) is 11.8. The molecule has 50 heavy (non-hydrogen) atoms. The van der Waals surface area contributed by atoms with Gasteiger partial charge in [0.05, 0.1) is 13.7 Å². The topological polar surface area (TPSA) is 97.8 Å². The van der Waals surface area contributed by atoms with Crippen LogP contribution in [-0.4, -0.2) is 53.8 Å². The van der Waals surface area contributed by atoms with Crippen molar-refractivity contribution >= 4 is 34.1 Å². The molecule has 0 spiro atoms. The zero-order valence-corrected chi connectivity index (χ0v) is 27.7. The highest BCUT2D eigenvalue weighted by molar-refractivity contribution is 6.12. The van der Waals surface area contributed by atoms with Crippen molar-refractivity contribution in [3.63, 3.8) is 0 Å². The molecule has 6 aromatic rings. The van der Waals surface area contributed by atoms with E-state index >= 15 is 0 Å². The fourth-order valence-electron chi connectivity index (χ4n) is 5.73. The van der Waals surface area contributed by atoms with Gasteiger partial charge in [0.15, 0.2) is 5.78 Å². The fraction of sp³-hybridized carbons (Fsp3) is 0.143. The number of rotatable bonds is 14. The van der Waals surface area contributed by atoms with E-state index in [2.05, 4.69) is 10.3 Å². The molecule has 0 bridgehead atoms. The number of anilines is 1. The van der Waals surface area contributed by atoms with Crippen LogP contribution in [0.1, 0.15) is 37.5 Å². The summed E-state index contributed by atoms with van der Waals surface area (Å²) in [5, 5.41) is 5.17. The number of hydrogen-bond acceptors (Lipinski definition) is 7. The van der Waals surface area contributed by atoms with Crippen LogP contribution in [0.25, 0.3) is 10.8 Å². The van der Waals surface area contributed by atoms with Gasteiger partial charge in [0, 0.05) is 41.4 Å². The molecule has 8 nitrogen and oxygen atoms in total. The summed E-state index contributed by atoms with van der Waals surface area (Å²) in [6.07, 6.45) is 2.05. The largest absolute Gasteiger partial charge is 0.492 e. The molecule has 6 rings (SSSR count). The lowest BCUT2D eigenvalue weighted by molar-refractivity contribution is -0.141. The van der Waals surface area contributed by atoms with Gasteiger partial charge >= 0.3 is 5.97 Å². The first-order chi connectivity index (χ1) is 24.5. The summed E-state index contributed by atoms with van der Waals surface area (Å²) in [7, 11) is 1.34. The Hall–Kier alpha value is -6.28. The van der Waals surface area contributed by atoms with Crippen LogP contribution in [0.2, 0.25) is 0 Å². The first-order valence-corrected chi connectivity index (χ1v) is 16.4.